The molecule has 0 aliphatic heterocycles. The molecule has 40 heavy (non-hydrogen) atoms. The molecule has 6 aromatic rings. The maximum Gasteiger partial charge on any atom is 0.0461 e. The van der Waals surface area contributed by atoms with Crippen molar-refractivity contribution in [1.29, 1.82) is 0 Å². The number of rotatable bonds is 6. The predicted molar refractivity (Wildman–Crippen MR) is 180 cm³/mol. The number of anilines is 6. The van der Waals surface area contributed by atoms with Gasteiger partial charge in [0.25, 0.3) is 0 Å². The zero-order valence-corrected chi connectivity index (χ0v) is 23.9. The van der Waals surface area contributed by atoms with Gasteiger partial charge in [0.15, 0.2) is 0 Å². The molecule has 4 heteroatoms. The van der Waals surface area contributed by atoms with Crippen LogP contribution < -0.4 is 9.80 Å². The second-order valence-corrected chi connectivity index (χ2v) is 8.68. The van der Waals surface area contributed by atoms with E-state index in [4.69, 9.17) is 0 Å². The van der Waals surface area contributed by atoms with Gasteiger partial charge in [0.1, 0.15) is 0 Å². The lowest BCUT2D eigenvalue weighted by Crippen LogP contribution is -2.09. The van der Waals surface area contributed by atoms with Gasteiger partial charge in [0, 0.05) is 34.1 Å². The molecule has 6 rings (SSSR count). The molecule has 0 atom stereocenters. The van der Waals surface area contributed by atoms with Crippen molar-refractivity contribution in [3.05, 3.63) is 182 Å². The van der Waals surface area contributed by atoms with Crippen LogP contribution >= 0.6 is 23.3 Å². The average Bonchev–Trinajstić information content (AvgIpc) is 3.06. The molecule has 0 saturated carbocycles. The van der Waals surface area contributed by atoms with E-state index >= 15 is 0 Å². The monoisotopic (exact) mass is 556 g/mol. The maximum absolute atomic E-state index is 3.22. The molecular weight excluding hydrogens is 525 g/mol. The van der Waals surface area contributed by atoms with Crippen molar-refractivity contribution in [2.45, 2.75) is 0 Å². The molecule has 198 valence electrons. The molecule has 0 radical (unpaired) electrons. The van der Waals surface area contributed by atoms with Gasteiger partial charge in [-0.15, -0.1) is 23.3 Å². The summed E-state index contributed by atoms with van der Waals surface area (Å²) in [7, 11) is 0. The van der Waals surface area contributed by atoms with E-state index in [-0.39, 0.29) is 0 Å². The fourth-order valence-corrected chi connectivity index (χ4v) is 4.36. The highest BCUT2D eigenvalue weighted by atomic mass is 33.1. The highest BCUT2D eigenvalue weighted by Gasteiger charge is 2.11. The van der Waals surface area contributed by atoms with Gasteiger partial charge in [-0.1, -0.05) is 109 Å². The average molecular weight is 557 g/mol. The summed E-state index contributed by atoms with van der Waals surface area (Å²) >= 11 is 6.44. The summed E-state index contributed by atoms with van der Waals surface area (Å²) in [5, 5.41) is 0. The molecule has 0 aromatic heterocycles. The van der Waals surface area contributed by atoms with Crippen LogP contribution in [0.25, 0.3) is 0 Å². The summed E-state index contributed by atoms with van der Waals surface area (Å²) in [5.41, 5.74) is 7.00. The highest BCUT2D eigenvalue weighted by molar-refractivity contribution is 8.59. The Labute approximate surface area is 248 Å². The number of thiol groups is 2. The molecule has 0 amide bonds. The van der Waals surface area contributed by atoms with Crippen molar-refractivity contribution >= 4 is 57.4 Å². The van der Waals surface area contributed by atoms with Crippen molar-refractivity contribution < 1.29 is 0 Å². The third-order valence-electron chi connectivity index (χ3n) is 6.09. The lowest BCUT2D eigenvalue weighted by molar-refractivity contribution is 1.28. The van der Waals surface area contributed by atoms with Gasteiger partial charge in [-0.05, 0) is 72.8 Å². The Hall–Kier alpha value is -4.38. The predicted octanol–water partition coefficient (Wildman–Crippen LogP) is 11.1. The summed E-state index contributed by atoms with van der Waals surface area (Å²) in [4.78, 5) is 4.50. The Kier molecular flexibility index (Phi) is 11.4. The summed E-state index contributed by atoms with van der Waals surface area (Å²) in [6.45, 7) is 0. The molecule has 0 N–H and O–H groups in total. The van der Waals surface area contributed by atoms with Crippen molar-refractivity contribution in [2.24, 2.45) is 0 Å². The second kappa shape index (κ2) is 15.9. The molecule has 0 bridgehead atoms. The van der Waals surface area contributed by atoms with Gasteiger partial charge in [-0.3, -0.25) is 0 Å². The summed E-state index contributed by atoms with van der Waals surface area (Å²) < 4.78 is 0. The smallest absolute Gasteiger partial charge is 0.0461 e. The Morgan fingerprint density at radius 3 is 0.475 bits per heavy atom. The summed E-state index contributed by atoms with van der Waals surface area (Å²) in [6, 6.07) is 62.5. The zero-order chi connectivity index (χ0) is 27.8. The Balaban J connectivity index is 0.000000174. The van der Waals surface area contributed by atoms with Crippen molar-refractivity contribution in [1.82, 2.24) is 0 Å². The van der Waals surface area contributed by atoms with Crippen LogP contribution in [0.3, 0.4) is 0 Å². The van der Waals surface area contributed by atoms with Crippen molar-refractivity contribution in [3.63, 3.8) is 0 Å². The topological polar surface area (TPSA) is 6.48 Å². The molecule has 0 aliphatic rings. The molecule has 2 nitrogen and oxygen atoms in total. The molecule has 6 aromatic carbocycles. The Bertz CT molecular complexity index is 1180. The lowest BCUT2D eigenvalue weighted by Gasteiger charge is -2.25. The molecule has 0 unspecified atom stereocenters. The van der Waals surface area contributed by atoms with Crippen molar-refractivity contribution in [3.8, 4) is 0 Å². The molecule has 0 fully saturated rings. The number of para-hydroxylation sites is 6. The first-order chi connectivity index (χ1) is 19.9. The van der Waals surface area contributed by atoms with Crippen LogP contribution in [-0.4, -0.2) is 0 Å². The quantitative estimate of drug-likeness (QED) is 0.156. The minimum Gasteiger partial charge on any atom is -0.311 e. The molecule has 0 aliphatic carbocycles. The van der Waals surface area contributed by atoms with Crippen LogP contribution in [0.4, 0.5) is 34.1 Å². The molecular formula is C36H32N2S2. The molecule has 0 spiro atoms. The van der Waals surface area contributed by atoms with E-state index in [2.05, 4.69) is 179 Å². The van der Waals surface area contributed by atoms with Crippen LogP contribution in [-0.2, 0) is 0 Å². The summed E-state index contributed by atoms with van der Waals surface area (Å²) in [6.07, 6.45) is 0. The van der Waals surface area contributed by atoms with Crippen LogP contribution in [0.15, 0.2) is 182 Å². The largest absolute Gasteiger partial charge is 0.311 e. The number of hydrogen-bond donors (Lipinski definition) is 2. The minimum absolute atomic E-state index is 1.17. The highest BCUT2D eigenvalue weighted by Crippen LogP contribution is 2.34. The Morgan fingerprint density at radius 2 is 0.350 bits per heavy atom. The lowest BCUT2D eigenvalue weighted by atomic mass is 10.2. The number of nitrogens with zero attached hydrogens (tertiary/aromatic N) is 2. The third kappa shape index (κ3) is 7.82. The second-order valence-electron chi connectivity index (χ2n) is 8.68. The van der Waals surface area contributed by atoms with Gasteiger partial charge >= 0.3 is 0 Å². The Morgan fingerprint density at radius 1 is 0.225 bits per heavy atom. The maximum atomic E-state index is 3.22. The van der Waals surface area contributed by atoms with E-state index in [9.17, 15) is 0 Å². The van der Waals surface area contributed by atoms with Gasteiger partial charge in [0.05, 0.1) is 0 Å². The number of benzene rings is 6. The van der Waals surface area contributed by atoms with Crippen LogP contribution in [0.2, 0.25) is 0 Å². The van der Waals surface area contributed by atoms with Gasteiger partial charge in [-0.25, -0.2) is 0 Å². The molecule has 0 heterocycles. The third-order valence-corrected chi connectivity index (χ3v) is 6.09. The van der Waals surface area contributed by atoms with Gasteiger partial charge in [0.2, 0.25) is 0 Å². The first-order valence-corrected chi connectivity index (χ1v) is 14.6. The van der Waals surface area contributed by atoms with E-state index in [0.29, 0.717) is 0 Å². The normalized spacial score (nSPS) is 9.75. The van der Waals surface area contributed by atoms with Gasteiger partial charge < -0.3 is 9.80 Å². The van der Waals surface area contributed by atoms with E-state index < -0.39 is 0 Å². The standard InChI is InChI=1S/2C18H15N.H2S2/c2*1-4-10-16(11-5-1)19(17-12-6-2-7-13-17)18-14-8-3-9-15-18;1-2/h2*1-15H;1-2H. The van der Waals surface area contributed by atoms with Crippen LogP contribution in [0.1, 0.15) is 0 Å². The fraction of sp³-hybridized carbons (Fsp3) is 0. The van der Waals surface area contributed by atoms with Gasteiger partial charge in [-0.2, -0.15) is 0 Å². The summed E-state index contributed by atoms with van der Waals surface area (Å²) in [5.74, 6) is 0. The minimum atomic E-state index is 1.17. The first kappa shape index (κ1) is 28.6. The number of hydrogen-bond acceptors (Lipinski definition) is 4. The van der Waals surface area contributed by atoms with Crippen molar-refractivity contribution in [2.75, 3.05) is 9.80 Å². The fourth-order valence-electron chi connectivity index (χ4n) is 4.36. The first-order valence-electron chi connectivity index (χ1n) is 13.0. The molecule has 0 saturated heterocycles. The van der Waals surface area contributed by atoms with Crippen LogP contribution in [0, 0.1) is 0 Å². The SMILES string of the molecule is SS.c1ccc(N(c2ccccc2)c2ccccc2)cc1.c1ccc(N(c2ccccc2)c2ccccc2)cc1. The van der Waals surface area contributed by atoms with E-state index in [0.717, 1.165) is 0 Å². The zero-order valence-electron chi connectivity index (χ0n) is 22.1. The van der Waals surface area contributed by atoms with Crippen LogP contribution in [0.5, 0.6) is 0 Å². The van der Waals surface area contributed by atoms with E-state index in [1.165, 1.54) is 34.1 Å². The van der Waals surface area contributed by atoms with E-state index in [1.54, 1.807) is 0 Å². The van der Waals surface area contributed by atoms with E-state index in [1.807, 2.05) is 36.4 Å².